The van der Waals surface area contributed by atoms with Gasteiger partial charge < -0.3 is 10.2 Å². The van der Waals surface area contributed by atoms with E-state index in [-0.39, 0.29) is 28.4 Å². The molecule has 2 atom stereocenters. The third-order valence-corrected chi connectivity index (χ3v) is 5.35. The smallest absolute Gasteiger partial charge is 0.234 e. The summed E-state index contributed by atoms with van der Waals surface area (Å²) in [7, 11) is 0. The van der Waals surface area contributed by atoms with Gasteiger partial charge in [0.05, 0.1) is 5.25 Å². The molecule has 4 heterocycles. The van der Waals surface area contributed by atoms with Crippen molar-refractivity contribution >= 4 is 30.1 Å². The van der Waals surface area contributed by atoms with Gasteiger partial charge in [0, 0.05) is 6.54 Å². The Bertz CT molecular complexity index is 281. The van der Waals surface area contributed by atoms with Gasteiger partial charge in [-0.05, 0) is 38.8 Å². The predicted octanol–water partition coefficient (Wildman–Crippen LogP) is 1.08. The maximum atomic E-state index is 11.6. The van der Waals surface area contributed by atoms with Crippen molar-refractivity contribution in [2.45, 2.75) is 29.9 Å². The molecule has 3 nitrogen and oxygen atoms in total. The highest BCUT2D eigenvalue weighted by Crippen LogP contribution is 2.47. The monoisotopic (exact) mass is 248 g/mol. The highest BCUT2D eigenvalue weighted by Gasteiger charge is 2.53. The van der Waals surface area contributed by atoms with E-state index in [4.69, 9.17) is 0 Å². The number of hydrogen-bond acceptors (Lipinski definition) is 3. The fourth-order valence-corrected chi connectivity index (χ4v) is 4.64. The van der Waals surface area contributed by atoms with Gasteiger partial charge in [-0.2, -0.15) is 0 Å². The third kappa shape index (κ3) is 1.67. The van der Waals surface area contributed by atoms with Crippen molar-refractivity contribution in [2.24, 2.45) is 5.92 Å². The molecule has 0 aliphatic carbocycles. The molecule has 1 N–H and O–H groups in total. The van der Waals surface area contributed by atoms with Crippen molar-refractivity contribution in [3.05, 3.63) is 0 Å². The van der Waals surface area contributed by atoms with E-state index >= 15 is 0 Å². The molecule has 0 saturated carbocycles. The minimum Gasteiger partial charge on any atom is -0.339 e. The van der Waals surface area contributed by atoms with Crippen LogP contribution >= 0.6 is 24.2 Å². The largest absolute Gasteiger partial charge is 0.339 e. The molecule has 4 aliphatic rings. The van der Waals surface area contributed by atoms with E-state index < -0.39 is 0 Å². The zero-order valence-corrected chi connectivity index (χ0v) is 10.5. The van der Waals surface area contributed by atoms with E-state index in [0.717, 1.165) is 6.54 Å². The van der Waals surface area contributed by atoms with Gasteiger partial charge in [-0.1, -0.05) is 0 Å². The molecular weight excluding hydrogens is 232 g/mol. The van der Waals surface area contributed by atoms with Gasteiger partial charge in [0.1, 0.15) is 4.87 Å². The number of nitrogens with zero attached hydrogens (tertiary/aromatic N) is 1. The van der Waals surface area contributed by atoms with Crippen molar-refractivity contribution in [3.63, 3.8) is 0 Å². The second-order valence-electron chi connectivity index (χ2n) is 4.69. The highest BCUT2D eigenvalue weighted by atomic mass is 35.5. The van der Waals surface area contributed by atoms with E-state index in [2.05, 4.69) is 10.2 Å². The summed E-state index contributed by atoms with van der Waals surface area (Å²) in [5.41, 5.74) is 0. The maximum absolute atomic E-state index is 11.6. The molecule has 1 spiro atoms. The average molecular weight is 249 g/mol. The van der Waals surface area contributed by atoms with Gasteiger partial charge in [-0.3, -0.25) is 4.79 Å². The predicted molar refractivity (Wildman–Crippen MR) is 64.3 cm³/mol. The summed E-state index contributed by atoms with van der Waals surface area (Å²) in [5.74, 6) is 0.954. The van der Waals surface area contributed by atoms with E-state index in [1.165, 1.54) is 25.9 Å². The number of nitrogens with one attached hydrogen (secondary N) is 1. The summed E-state index contributed by atoms with van der Waals surface area (Å²) < 4.78 is 0. The van der Waals surface area contributed by atoms with Gasteiger partial charge in [-0.15, -0.1) is 24.2 Å². The summed E-state index contributed by atoms with van der Waals surface area (Å²) in [6, 6.07) is 0. The first kappa shape index (κ1) is 11.6. The van der Waals surface area contributed by atoms with Crippen molar-refractivity contribution in [2.75, 3.05) is 19.6 Å². The van der Waals surface area contributed by atoms with Crippen LogP contribution in [0.15, 0.2) is 0 Å². The molecule has 0 aromatic heterocycles. The molecule has 4 aliphatic heterocycles. The van der Waals surface area contributed by atoms with Crippen molar-refractivity contribution in [1.82, 2.24) is 10.2 Å². The van der Waals surface area contributed by atoms with Crippen LogP contribution in [-0.2, 0) is 4.79 Å². The summed E-state index contributed by atoms with van der Waals surface area (Å²) in [4.78, 5) is 14.1. The second-order valence-corrected chi connectivity index (χ2v) is 6.36. The van der Waals surface area contributed by atoms with Gasteiger partial charge in [0.25, 0.3) is 0 Å². The number of amides is 1. The number of hydrogen-bond donors (Lipinski definition) is 1. The molecule has 2 bridgehead atoms. The SMILES string of the molecule is CC1SC2(CN3CCC2CC3)NC1=O.Cl. The summed E-state index contributed by atoms with van der Waals surface area (Å²) in [6.45, 7) is 5.55. The minimum absolute atomic E-state index is 0. The van der Waals surface area contributed by atoms with Crippen LogP contribution in [0.25, 0.3) is 0 Å². The molecule has 15 heavy (non-hydrogen) atoms. The molecule has 0 aromatic carbocycles. The number of piperidine rings is 3. The molecule has 1 amide bonds. The Hall–Kier alpha value is 0.0700. The number of carbonyl (C=O) groups is 1. The molecule has 4 fully saturated rings. The van der Waals surface area contributed by atoms with Crippen LogP contribution in [0.1, 0.15) is 19.8 Å². The van der Waals surface area contributed by atoms with Crippen molar-refractivity contribution in [1.29, 1.82) is 0 Å². The number of fused-ring (bicyclic) bond motifs is 2. The standard InChI is InChI=1S/C10H16N2OS.ClH/c1-7-9(13)11-10(14-7)6-12-4-2-8(10)3-5-12;/h7-8H,2-6H2,1H3,(H,11,13);1H. The Morgan fingerprint density at radius 2 is 2.13 bits per heavy atom. The summed E-state index contributed by atoms with van der Waals surface area (Å²) in [5, 5.41) is 3.38. The lowest BCUT2D eigenvalue weighted by Crippen LogP contribution is -2.62. The number of halogens is 1. The lowest BCUT2D eigenvalue weighted by atomic mass is 9.83. The van der Waals surface area contributed by atoms with E-state index in [1.807, 2.05) is 18.7 Å². The van der Waals surface area contributed by atoms with E-state index in [1.54, 1.807) is 0 Å². The Balaban J connectivity index is 0.000000853. The minimum atomic E-state index is 0. The zero-order chi connectivity index (χ0) is 9.76. The van der Waals surface area contributed by atoms with Gasteiger partial charge in [0.2, 0.25) is 5.91 Å². The topological polar surface area (TPSA) is 32.3 Å². The fourth-order valence-electron chi connectivity index (χ4n) is 3.00. The third-order valence-electron chi connectivity index (χ3n) is 3.80. The van der Waals surface area contributed by atoms with Crippen LogP contribution in [0.4, 0.5) is 0 Å². The quantitative estimate of drug-likeness (QED) is 0.697. The van der Waals surface area contributed by atoms with Gasteiger partial charge in [-0.25, -0.2) is 0 Å². The Morgan fingerprint density at radius 1 is 1.47 bits per heavy atom. The van der Waals surface area contributed by atoms with Crippen LogP contribution < -0.4 is 5.32 Å². The Labute approximate surface area is 101 Å². The number of thioether (sulfide) groups is 1. The van der Waals surface area contributed by atoms with Crippen LogP contribution in [-0.4, -0.2) is 40.6 Å². The van der Waals surface area contributed by atoms with Gasteiger partial charge >= 0.3 is 0 Å². The molecule has 5 heteroatoms. The zero-order valence-electron chi connectivity index (χ0n) is 8.86. The molecule has 86 valence electrons. The Kier molecular flexibility index (Phi) is 2.95. The number of rotatable bonds is 0. The lowest BCUT2D eigenvalue weighted by Gasteiger charge is -2.50. The first-order chi connectivity index (χ1) is 6.70. The van der Waals surface area contributed by atoms with Crippen LogP contribution in [0, 0.1) is 5.92 Å². The molecule has 0 aromatic rings. The normalized spacial score (nSPS) is 47.8. The van der Waals surface area contributed by atoms with Crippen LogP contribution in [0.2, 0.25) is 0 Å². The van der Waals surface area contributed by atoms with E-state index in [0.29, 0.717) is 5.92 Å². The van der Waals surface area contributed by atoms with E-state index in [9.17, 15) is 4.79 Å². The molecule has 4 rings (SSSR count). The van der Waals surface area contributed by atoms with Crippen molar-refractivity contribution < 1.29 is 4.79 Å². The highest BCUT2D eigenvalue weighted by molar-refractivity contribution is 8.02. The van der Waals surface area contributed by atoms with Crippen LogP contribution in [0.3, 0.4) is 0 Å². The summed E-state index contributed by atoms with van der Waals surface area (Å²) >= 11 is 1.86. The lowest BCUT2D eigenvalue weighted by molar-refractivity contribution is -0.121. The first-order valence-corrected chi connectivity index (χ1v) is 6.30. The van der Waals surface area contributed by atoms with Crippen molar-refractivity contribution in [3.8, 4) is 0 Å². The fraction of sp³-hybridized carbons (Fsp3) is 0.900. The Morgan fingerprint density at radius 3 is 2.53 bits per heavy atom. The molecule has 2 unspecified atom stereocenters. The van der Waals surface area contributed by atoms with Gasteiger partial charge in [0.15, 0.2) is 0 Å². The second kappa shape index (κ2) is 3.82. The molecule has 4 saturated heterocycles. The molecular formula is C10H17ClN2OS. The first-order valence-electron chi connectivity index (χ1n) is 5.42. The van der Waals surface area contributed by atoms with Crippen LogP contribution in [0.5, 0.6) is 0 Å². The maximum Gasteiger partial charge on any atom is 0.234 e. The number of carbonyl (C=O) groups excluding carboxylic acids is 1. The molecule has 0 radical (unpaired) electrons. The summed E-state index contributed by atoms with van der Waals surface area (Å²) in [6.07, 6.45) is 2.53. The average Bonchev–Trinajstić information content (AvgIpc) is 2.43.